The van der Waals surface area contributed by atoms with E-state index in [1.165, 1.54) is 6.92 Å². The van der Waals surface area contributed by atoms with Gasteiger partial charge >= 0.3 is 11.9 Å². The summed E-state index contributed by atoms with van der Waals surface area (Å²) in [5.74, 6) is -0.914. The Labute approximate surface area is 83.8 Å². The zero-order chi connectivity index (χ0) is 11.2. The topological polar surface area (TPSA) is 64.6 Å². The van der Waals surface area contributed by atoms with Gasteiger partial charge in [-0.05, 0) is 20.8 Å². The molecule has 0 aromatic heterocycles. The number of hydrogen-bond donors (Lipinski definition) is 1. The Bertz CT molecular complexity index is 207. The summed E-state index contributed by atoms with van der Waals surface area (Å²) in [6.45, 7) is 6.84. The highest BCUT2D eigenvalue weighted by Gasteiger charge is 2.11. The molecule has 0 aromatic rings. The van der Waals surface area contributed by atoms with Gasteiger partial charge in [0.1, 0.15) is 0 Å². The Balaban J connectivity index is 3.52. The van der Waals surface area contributed by atoms with Crippen LogP contribution in [-0.2, 0) is 19.1 Å². The fourth-order valence-electron chi connectivity index (χ4n) is 0.567. The number of hydrogen-bond acceptors (Lipinski definition) is 5. The lowest BCUT2D eigenvalue weighted by Crippen LogP contribution is -2.40. The number of ether oxygens (including phenoxy) is 2. The second kappa shape index (κ2) is 5.59. The van der Waals surface area contributed by atoms with Crippen LogP contribution in [0.1, 0.15) is 27.7 Å². The Hall–Kier alpha value is -1.10. The lowest BCUT2D eigenvalue weighted by atomic mass is 10.1. The number of nitrogens with one attached hydrogen (secondary N) is 1. The highest BCUT2D eigenvalue weighted by Crippen LogP contribution is 1.97. The molecule has 0 fully saturated rings. The minimum absolute atomic E-state index is 0.102. The maximum absolute atomic E-state index is 11.0. The van der Waals surface area contributed by atoms with E-state index in [1.807, 2.05) is 20.8 Å². The molecule has 0 radical (unpaired) electrons. The Morgan fingerprint density at radius 2 is 1.79 bits per heavy atom. The predicted octanol–water partition coefficient (Wildman–Crippen LogP) is 0.438. The number of esters is 2. The molecule has 0 unspecified atom stereocenters. The van der Waals surface area contributed by atoms with Gasteiger partial charge in [0.2, 0.25) is 6.79 Å². The summed E-state index contributed by atoms with van der Waals surface area (Å²) >= 11 is 0. The van der Waals surface area contributed by atoms with Crippen LogP contribution in [0.5, 0.6) is 0 Å². The van der Waals surface area contributed by atoms with E-state index in [9.17, 15) is 9.59 Å². The van der Waals surface area contributed by atoms with Crippen LogP contribution in [0.15, 0.2) is 0 Å². The van der Waals surface area contributed by atoms with E-state index < -0.39 is 11.9 Å². The molecule has 0 aliphatic heterocycles. The van der Waals surface area contributed by atoms with Crippen LogP contribution in [0.3, 0.4) is 0 Å². The summed E-state index contributed by atoms with van der Waals surface area (Å²) in [5.41, 5.74) is -0.138. The SMILES string of the molecule is CC(=O)OCOC(=O)CNC(C)(C)C. The van der Waals surface area contributed by atoms with Gasteiger partial charge in [0.15, 0.2) is 0 Å². The zero-order valence-corrected chi connectivity index (χ0v) is 9.05. The fraction of sp³-hybridized carbons (Fsp3) is 0.778. The van der Waals surface area contributed by atoms with Crippen LogP contribution in [-0.4, -0.2) is 30.8 Å². The first-order chi connectivity index (χ1) is 6.31. The van der Waals surface area contributed by atoms with E-state index in [4.69, 9.17) is 0 Å². The Morgan fingerprint density at radius 3 is 2.21 bits per heavy atom. The highest BCUT2D eigenvalue weighted by atomic mass is 16.7. The van der Waals surface area contributed by atoms with Crippen molar-refractivity contribution in [3.05, 3.63) is 0 Å². The van der Waals surface area contributed by atoms with E-state index in [-0.39, 0.29) is 18.9 Å². The first-order valence-electron chi connectivity index (χ1n) is 4.35. The van der Waals surface area contributed by atoms with Crippen molar-refractivity contribution in [3.63, 3.8) is 0 Å². The van der Waals surface area contributed by atoms with E-state index in [0.717, 1.165) is 0 Å². The average molecular weight is 203 g/mol. The third-order valence-electron chi connectivity index (χ3n) is 1.25. The summed E-state index contributed by atoms with van der Waals surface area (Å²) in [4.78, 5) is 21.3. The van der Waals surface area contributed by atoms with Crippen molar-refractivity contribution in [3.8, 4) is 0 Å². The summed E-state index contributed by atoms with van der Waals surface area (Å²) in [5, 5.41) is 2.94. The predicted molar refractivity (Wildman–Crippen MR) is 50.5 cm³/mol. The molecule has 1 N–H and O–H groups in total. The van der Waals surface area contributed by atoms with Crippen LogP contribution >= 0.6 is 0 Å². The maximum Gasteiger partial charge on any atom is 0.322 e. The molecule has 0 amide bonds. The smallest absolute Gasteiger partial charge is 0.322 e. The third kappa shape index (κ3) is 8.99. The molecule has 82 valence electrons. The van der Waals surface area contributed by atoms with Crippen molar-refractivity contribution >= 4 is 11.9 Å². The molecule has 0 spiro atoms. The number of carbonyl (C=O) groups is 2. The monoisotopic (exact) mass is 203 g/mol. The molecule has 5 heteroatoms. The van der Waals surface area contributed by atoms with Gasteiger partial charge in [0, 0.05) is 12.5 Å². The lowest BCUT2D eigenvalue weighted by molar-refractivity contribution is -0.165. The molecule has 0 saturated carbocycles. The molecule has 0 aliphatic rings. The molecule has 0 rings (SSSR count). The molecule has 0 heterocycles. The second-order valence-corrected chi connectivity index (χ2v) is 3.87. The zero-order valence-electron chi connectivity index (χ0n) is 9.05. The van der Waals surface area contributed by atoms with Crippen LogP contribution in [0.2, 0.25) is 0 Å². The largest absolute Gasteiger partial charge is 0.428 e. The van der Waals surface area contributed by atoms with Crippen LogP contribution < -0.4 is 5.32 Å². The van der Waals surface area contributed by atoms with Crippen molar-refractivity contribution in [2.45, 2.75) is 33.2 Å². The van der Waals surface area contributed by atoms with Gasteiger partial charge in [-0.15, -0.1) is 0 Å². The van der Waals surface area contributed by atoms with E-state index in [2.05, 4.69) is 14.8 Å². The molecular weight excluding hydrogens is 186 g/mol. The van der Waals surface area contributed by atoms with E-state index in [1.54, 1.807) is 0 Å². The first kappa shape index (κ1) is 12.9. The van der Waals surface area contributed by atoms with Crippen LogP contribution in [0.25, 0.3) is 0 Å². The van der Waals surface area contributed by atoms with Gasteiger partial charge in [-0.3, -0.25) is 9.59 Å². The van der Waals surface area contributed by atoms with Gasteiger partial charge in [-0.25, -0.2) is 0 Å². The summed E-state index contributed by atoms with van der Waals surface area (Å²) in [7, 11) is 0. The number of carbonyl (C=O) groups excluding carboxylic acids is 2. The second-order valence-electron chi connectivity index (χ2n) is 3.87. The first-order valence-corrected chi connectivity index (χ1v) is 4.35. The molecular formula is C9H17NO4. The summed E-state index contributed by atoms with van der Waals surface area (Å²) in [6.07, 6.45) is 0. The quantitative estimate of drug-likeness (QED) is 0.530. The number of rotatable bonds is 4. The van der Waals surface area contributed by atoms with Gasteiger partial charge in [-0.2, -0.15) is 0 Å². The average Bonchev–Trinajstić information content (AvgIpc) is 1.99. The molecule has 5 nitrogen and oxygen atoms in total. The van der Waals surface area contributed by atoms with Crippen molar-refractivity contribution in [2.24, 2.45) is 0 Å². The van der Waals surface area contributed by atoms with Gasteiger partial charge in [0.05, 0.1) is 6.54 Å². The third-order valence-corrected chi connectivity index (χ3v) is 1.25. The molecule has 0 bridgehead atoms. The molecule has 14 heavy (non-hydrogen) atoms. The van der Waals surface area contributed by atoms with Gasteiger partial charge in [0.25, 0.3) is 0 Å². The highest BCUT2D eigenvalue weighted by molar-refractivity contribution is 5.72. The Morgan fingerprint density at radius 1 is 1.21 bits per heavy atom. The molecule has 0 saturated heterocycles. The van der Waals surface area contributed by atoms with Crippen LogP contribution in [0.4, 0.5) is 0 Å². The van der Waals surface area contributed by atoms with Crippen molar-refractivity contribution in [2.75, 3.05) is 13.3 Å². The summed E-state index contributed by atoms with van der Waals surface area (Å²) < 4.78 is 9.04. The van der Waals surface area contributed by atoms with Gasteiger partial charge in [-0.1, -0.05) is 0 Å². The maximum atomic E-state index is 11.0. The molecule has 0 aromatic carbocycles. The minimum atomic E-state index is -0.471. The van der Waals surface area contributed by atoms with Crippen LogP contribution in [0, 0.1) is 0 Å². The van der Waals surface area contributed by atoms with E-state index >= 15 is 0 Å². The molecule has 0 atom stereocenters. The molecule has 0 aliphatic carbocycles. The minimum Gasteiger partial charge on any atom is -0.428 e. The van der Waals surface area contributed by atoms with Crippen molar-refractivity contribution in [1.29, 1.82) is 0 Å². The standard InChI is InChI=1S/C9H17NO4/c1-7(11)13-6-14-8(12)5-10-9(2,3)4/h10H,5-6H2,1-4H3. The van der Waals surface area contributed by atoms with Crippen molar-refractivity contribution in [1.82, 2.24) is 5.32 Å². The normalized spacial score (nSPS) is 10.9. The summed E-state index contributed by atoms with van der Waals surface area (Å²) in [6, 6.07) is 0. The lowest BCUT2D eigenvalue weighted by Gasteiger charge is -2.19. The fourth-order valence-corrected chi connectivity index (χ4v) is 0.567. The van der Waals surface area contributed by atoms with Gasteiger partial charge < -0.3 is 14.8 Å². The van der Waals surface area contributed by atoms with E-state index in [0.29, 0.717) is 0 Å². The van der Waals surface area contributed by atoms with Crippen molar-refractivity contribution < 1.29 is 19.1 Å². The Kier molecular flexibility index (Phi) is 5.15.